The van der Waals surface area contributed by atoms with E-state index in [1.165, 1.54) is 39.8 Å². The number of rotatable bonds is 10. The number of ketones is 1. The molecule has 3 aromatic rings. The number of ether oxygens (including phenoxy) is 2. The highest BCUT2D eigenvalue weighted by molar-refractivity contribution is 6.11. The fourth-order valence-electron chi connectivity index (χ4n) is 5.57. The molecule has 0 aliphatic heterocycles. The number of carbonyl (C=O) groups is 3. The van der Waals surface area contributed by atoms with Gasteiger partial charge in [0.25, 0.3) is 5.56 Å². The molecule has 0 saturated heterocycles. The lowest BCUT2D eigenvalue weighted by atomic mass is 10.0. The van der Waals surface area contributed by atoms with Gasteiger partial charge < -0.3 is 15.2 Å². The maximum atomic E-state index is 13.8. The van der Waals surface area contributed by atoms with Crippen molar-refractivity contribution < 1.29 is 28.2 Å². The number of carbonyl (C=O) groups excluding carboxylic acids is 3. The first-order valence-corrected chi connectivity index (χ1v) is 15.8. The number of aryl methyl sites for hydroxylation is 1. The normalized spacial score (nSPS) is 14.3. The minimum Gasteiger partial charge on any atom is -0.461 e. The number of hydrogen-bond acceptors (Lipinski definition) is 7. The molecule has 1 aromatic heterocycles. The highest BCUT2D eigenvalue weighted by atomic mass is 19.1. The minimum absolute atomic E-state index is 0.0547. The third kappa shape index (κ3) is 8.41. The molecule has 1 aliphatic carbocycles. The summed E-state index contributed by atoms with van der Waals surface area (Å²) in [4.78, 5) is 54.7. The van der Waals surface area contributed by atoms with E-state index in [0.717, 1.165) is 25.7 Å². The molecule has 1 heterocycles. The Morgan fingerprint density at radius 1 is 1.02 bits per heavy atom. The molecule has 0 spiro atoms. The first-order chi connectivity index (χ1) is 21.6. The predicted molar refractivity (Wildman–Crippen MR) is 174 cm³/mol. The Bertz CT molecular complexity index is 1630. The Morgan fingerprint density at radius 3 is 2.26 bits per heavy atom. The van der Waals surface area contributed by atoms with Gasteiger partial charge in [0.2, 0.25) is 0 Å². The van der Waals surface area contributed by atoms with Crippen molar-refractivity contribution in [1.29, 1.82) is 0 Å². The van der Waals surface area contributed by atoms with Crippen molar-refractivity contribution in [2.45, 2.75) is 97.9 Å². The molecule has 1 atom stereocenters. The van der Waals surface area contributed by atoms with Crippen LogP contribution in [-0.4, -0.2) is 45.1 Å². The van der Waals surface area contributed by atoms with Crippen LogP contribution in [-0.2, 0) is 20.8 Å². The number of anilines is 1. The Morgan fingerprint density at radius 2 is 1.67 bits per heavy atom. The molecule has 1 amide bonds. The summed E-state index contributed by atoms with van der Waals surface area (Å²) < 4.78 is 26.6. The third-order valence-corrected chi connectivity index (χ3v) is 7.90. The molecule has 1 aliphatic rings. The number of esters is 1. The molecule has 46 heavy (non-hydrogen) atoms. The zero-order valence-electron chi connectivity index (χ0n) is 27.5. The zero-order chi connectivity index (χ0) is 33.8. The first-order valence-electron chi connectivity index (χ1n) is 15.8. The zero-order valence-corrected chi connectivity index (χ0v) is 27.5. The second kappa shape index (κ2) is 14.3. The number of nitrogens with zero attached hydrogens (tertiary/aromatic N) is 2. The van der Waals surface area contributed by atoms with Gasteiger partial charge >= 0.3 is 12.1 Å². The highest BCUT2D eigenvalue weighted by Gasteiger charge is 2.36. The summed E-state index contributed by atoms with van der Waals surface area (Å²) in [5.41, 5.74) is 6.88. The summed E-state index contributed by atoms with van der Waals surface area (Å²) in [7, 11) is 0. The SMILES string of the molecule is Cc1cc(C(=O)c2ccc(=O)n(-c3ccc(CN(C(=O)OC(C)(C)C)C(CC(C)C)C(=O)OC4CCCC4)cc3)c2N)ccc1F. The van der Waals surface area contributed by atoms with Crippen LogP contribution in [0.1, 0.15) is 93.8 Å². The molecule has 246 valence electrons. The Hall–Kier alpha value is -4.47. The van der Waals surface area contributed by atoms with Crippen LogP contribution in [0.3, 0.4) is 0 Å². The van der Waals surface area contributed by atoms with Gasteiger partial charge in [-0.15, -0.1) is 0 Å². The first kappa shape index (κ1) is 34.4. The van der Waals surface area contributed by atoms with E-state index < -0.39 is 40.9 Å². The van der Waals surface area contributed by atoms with Crippen LogP contribution in [0.4, 0.5) is 15.0 Å². The Kier molecular flexibility index (Phi) is 10.7. The third-order valence-electron chi connectivity index (χ3n) is 7.90. The summed E-state index contributed by atoms with van der Waals surface area (Å²) in [6.07, 6.45) is 3.24. The summed E-state index contributed by atoms with van der Waals surface area (Å²) in [6.45, 7) is 10.9. The standard InChI is InChI=1S/C36H44FN3O6/c1-22(2)19-30(34(43)45-27-9-7-8-10-27)39(35(44)46-36(4,5)6)21-24-11-14-26(15-12-24)40-31(41)18-16-28(33(40)38)32(42)25-13-17-29(37)23(3)20-25/h11-18,20,22,27,30H,7-10,19,21,38H2,1-6H3. The lowest BCUT2D eigenvalue weighted by Gasteiger charge is -2.34. The van der Waals surface area contributed by atoms with E-state index in [1.54, 1.807) is 52.0 Å². The van der Waals surface area contributed by atoms with Crippen LogP contribution in [0.15, 0.2) is 59.4 Å². The van der Waals surface area contributed by atoms with Crippen LogP contribution in [0.2, 0.25) is 0 Å². The van der Waals surface area contributed by atoms with Gasteiger partial charge in [-0.05, 0) is 113 Å². The number of amides is 1. The average Bonchev–Trinajstić information content (AvgIpc) is 3.49. The van der Waals surface area contributed by atoms with Crippen molar-refractivity contribution >= 4 is 23.7 Å². The smallest absolute Gasteiger partial charge is 0.411 e. The Labute approximate surface area is 269 Å². The molecule has 4 rings (SSSR count). The predicted octanol–water partition coefficient (Wildman–Crippen LogP) is 6.74. The molecular formula is C36H44FN3O6. The quantitative estimate of drug-likeness (QED) is 0.194. The summed E-state index contributed by atoms with van der Waals surface area (Å²) in [5.74, 6) is -1.28. The average molecular weight is 634 g/mol. The van der Waals surface area contributed by atoms with Crippen LogP contribution >= 0.6 is 0 Å². The molecule has 9 nitrogen and oxygen atoms in total. The molecule has 2 aromatic carbocycles. The lowest BCUT2D eigenvalue weighted by molar-refractivity contribution is -0.156. The van der Waals surface area contributed by atoms with Crippen LogP contribution < -0.4 is 11.3 Å². The van der Waals surface area contributed by atoms with Gasteiger partial charge in [0.15, 0.2) is 5.78 Å². The number of pyridine rings is 1. The fourth-order valence-corrected chi connectivity index (χ4v) is 5.57. The van der Waals surface area contributed by atoms with E-state index in [-0.39, 0.29) is 35.5 Å². The molecule has 1 unspecified atom stereocenters. The summed E-state index contributed by atoms with van der Waals surface area (Å²) >= 11 is 0. The van der Waals surface area contributed by atoms with Crippen LogP contribution in [0.5, 0.6) is 0 Å². The van der Waals surface area contributed by atoms with Gasteiger partial charge in [0.05, 0.1) is 11.3 Å². The maximum absolute atomic E-state index is 13.8. The fraction of sp³-hybridized carbons (Fsp3) is 0.444. The molecule has 0 radical (unpaired) electrons. The van der Waals surface area contributed by atoms with E-state index in [2.05, 4.69) is 0 Å². The number of benzene rings is 2. The topological polar surface area (TPSA) is 121 Å². The molecular weight excluding hydrogens is 589 g/mol. The number of aromatic nitrogens is 1. The van der Waals surface area contributed by atoms with Crippen LogP contribution in [0, 0.1) is 18.7 Å². The second-order valence-electron chi connectivity index (χ2n) is 13.4. The second-order valence-corrected chi connectivity index (χ2v) is 13.4. The molecule has 1 fully saturated rings. The van der Waals surface area contributed by atoms with Crippen molar-refractivity contribution in [1.82, 2.24) is 9.47 Å². The van der Waals surface area contributed by atoms with E-state index in [4.69, 9.17) is 15.2 Å². The minimum atomic E-state index is -0.855. The number of nitrogen functional groups attached to an aromatic ring is 1. The van der Waals surface area contributed by atoms with E-state index in [9.17, 15) is 23.6 Å². The largest absolute Gasteiger partial charge is 0.461 e. The van der Waals surface area contributed by atoms with Gasteiger partial charge in [-0.1, -0.05) is 26.0 Å². The van der Waals surface area contributed by atoms with E-state index in [0.29, 0.717) is 23.2 Å². The van der Waals surface area contributed by atoms with Crippen molar-refractivity contribution in [3.05, 3.63) is 93.0 Å². The van der Waals surface area contributed by atoms with Crippen LogP contribution in [0.25, 0.3) is 5.69 Å². The molecule has 2 N–H and O–H groups in total. The monoisotopic (exact) mass is 633 g/mol. The van der Waals surface area contributed by atoms with Crippen molar-refractivity contribution in [3.8, 4) is 5.69 Å². The van der Waals surface area contributed by atoms with Crippen molar-refractivity contribution in [2.75, 3.05) is 5.73 Å². The Balaban J connectivity index is 1.65. The van der Waals surface area contributed by atoms with Gasteiger partial charge in [-0.25, -0.2) is 14.0 Å². The van der Waals surface area contributed by atoms with E-state index >= 15 is 0 Å². The molecule has 0 bridgehead atoms. The molecule has 10 heteroatoms. The van der Waals surface area contributed by atoms with Gasteiger partial charge in [-0.2, -0.15) is 0 Å². The van der Waals surface area contributed by atoms with Gasteiger partial charge in [0.1, 0.15) is 29.4 Å². The number of nitrogens with two attached hydrogens (primary N) is 1. The maximum Gasteiger partial charge on any atom is 0.411 e. The number of halogens is 1. The summed E-state index contributed by atoms with van der Waals surface area (Å²) in [6, 6.07) is 12.6. The highest BCUT2D eigenvalue weighted by Crippen LogP contribution is 2.26. The van der Waals surface area contributed by atoms with Gasteiger partial charge in [-0.3, -0.25) is 19.1 Å². The number of hydrogen-bond donors (Lipinski definition) is 1. The van der Waals surface area contributed by atoms with E-state index in [1.807, 2.05) is 13.8 Å². The molecule has 1 saturated carbocycles. The summed E-state index contributed by atoms with van der Waals surface area (Å²) in [5, 5.41) is 0. The van der Waals surface area contributed by atoms with Crippen molar-refractivity contribution in [3.63, 3.8) is 0 Å². The lowest BCUT2D eigenvalue weighted by Crippen LogP contribution is -2.48. The van der Waals surface area contributed by atoms with Gasteiger partial charge in [0, 0.05) is 18.2 Å². The van der Waals surface area contributed by atoms with Crippen molar-refractivity contribution in [2.24, 2.45) is 5.92 Å².